The van der Waals surface area contributed by atoms with Crippen LogP contribution in [0.2, 0.25) is 5.02 Å². The predicted octanol–water partition coefficient (Wildman–Crippen LogP) is 5.02. The normalized spacial score (nSPS) is 11.3. The van der Waals surface area contributed by atoms with E-state index in [0.29, 0.717) is 22.9 Å². The highest BCUT2D eigenvalue weighted by Gasteiger charge is 2.18. The highest BCUT2D eigenvalue weighted by molar-refractivity contribution is 6.31. The number of rotatable bonds is 6. The van der Waals surface area contributed by atoms with Crippen molar-refractivity contribution >= 4 is 46.1 Å². The number of amides is 1. The second kappa shape index (κ2) is 9.50. The summed E-state index contributed by atoms with van der Waals surface area (Å²) in [5.41, 5.74) is 3.49. The third-order valence-corrected chi connectivity index (χ3v) is 5.45. The lowest BCUT2D eigenvalue weighted by molar-refractivity contribution is -0.143. The highest BCUT2D eigenvalue weighted by Crippen LogP contribution is 2.29. The van der Waals surface area contributed by atoms with Gasteiger partial charge in [-0.05, 0) is 50.6 Å². The third-order valence-electron chi connectivity index (χ3n) is 5.04. The van der Waals surface area contributed by atoms with E-state index >= 15 is 0 Å². The van der Waals surface area contributed by atoms with E-state index in [4.69, 9.17) is 16.3 Å². The van der Waals surface area contributed by atoms with Crippen LogP contribution in [0.4, 0.5) is 5.69 Å². The van der Waals surface area contributed by atoms with Crippen molar-refractivity contribution in [2.45, 2.75) is 27.3 Å². The van der Waals surface area contributed by atoms with Gasteiger partial charge >= 0.3 is 5.97 Å². The number of fused-ring (bicyclic) bond motifs is 1. The van der Waals surface area contributed by atoms with E-state index in [9.17, 15) is 14.9 Å². The minimum absolute atomic E-state index is 0.0455. The smallest absolute Gasteiger partial charge is 0.325 e. The van der Waals surface area contributed by atoms with E-state index in [1.165, 1.54) is 0 Å². The Bertz CT molecular complexity index is 1230. The molecule has 158 valence electrons. The first-order chi connectivity index (χ1) is 14.9. The van der Waals surface area contributed by atoms with Crippen molar-refractivity contribution in [1.29, 1.82) is 5.26 Å². The predicted molar refractivity (Wildman–Crippen MR) is 122 cm³/mol. The van der Waals surface area contributed by atoms with Crippen molar-refractivity contribution in [3.05, 3.63) is 69.9 Å². The number of carbonyl (C=O) groups is 2. The number of ether oxygens (including phenoxy) is 1. The number of anilines is 1. The van der Waals surface area contributed by atoms with Crippen molar-refractivity contribution in [3.63, 3.8) is 0 Å². The van der Waals surface area contributed by atoms with Gasteiger partial charge in [-0.2, -0.15) is 5.26 Å². The van der Waals surface area contributed by atoms with Gasteiger partial charge in [0, 0.05) is 32.9 Å². The quantitative estimate of drug-likeness (QED) is 0.334. The summed E-state index contributed by atoms with van der Waals surface area (Å²) in [7, 11) is 0. The van der Waals surface area contributed by atoms with Crippen LogP contribution in [0.5, 0.6) is 0 Å². The average Bonchev–Trinajstić information content (AvgIpc) is 3.01. The standard InChI is InChI=1S/C24H22ClN3O3/c1-4-31-23(29)14-28-16(3)19(18-8-5-6-11-22(18)28)12-17(13-26)24(30)27-21-10-7-9-20(25)15(21)2/h5-12H,4,14H2,1-3H3,(H,27,30)/b17-12+. The molecule has 0 atom stereocenters. The second-order valence-electron chi connectivity index (χ2n) is 6.94. The molecule has 1 amide bonds. The summed E-state index contributed by atoms with van der Waals surface area (Å²) >= 11 is 6.12. The number of para-hydroxylation sites is 1. The summed E-state index contributed by atoms with van der Waals surface area (Å²) in [4.78, 5) is 24.9. The molecule has 6 nitrogen and oxygen atoms in total. The molecule has 2 aromatic carbocycles. The molecule has 0 aliphatic heterocycles. The monoisotopic (exact) mass is 435 g/mol. The molecule has 3 rings (SSSR count). The first-order valence-corrected chi connectivity index (χ1v) is 10.2. The van der Waals surface area contributed by atoms with Crippen LogP contribution >= 0.6 is 11.6 Å². The minimum atomic E-state index is -0.533. The molecule has 0 fully saturated rings. The van der Waals surface area contributed by atoms with Crippen LogP contribution in [-0.4, -0.2) is 23.1 Å². The fourth-order valence-electron chi connectivity index (χ4n) is 3.40. The van der Waals surface area contributed by atoms with E-state index in [1.54, 1.807) is 38.1 Å². The van der Waals surface area contributed by atoms with E-state index in [-0.39, 0.29) is 18.1 Å². The molecule has 0 radical (unpaired) electrons. The van der Waals surface area contributed by atoms with E-state index in [0.717, 1.165) is 22.2 Å². The van der Waals surface area contributed by atoms with Gasteiger partial charge in [0.25, 0.3) is 5.91 Å². The lowest BCUT2D eigenvalue weighted by atomic mass is 10.1. The molecular weight excluding hydrogens is 414 g/mol. The summed E-state index contributed by atoms with van der Waals surface area (Å²) < 4.78 is 6.91. The van der Waals surface area contributed by atoms with Crippen LogP contribution in [0, 0.1) is 25.2 Å². The number of nitrogens with zero attached hydrogens (tertiary/aromatic N) is 2. The molecule has 0 aliphatic carbocycles. The molecule has 31 heavy (non-hydrogen) atoms. The molecule has 0 spiro atoms. The molecule has 3 aromatic rings. The Morgan fingerprint density at radius 2 is 1.94 bits per heavy atom. The van der Waals surface area contributed by atoms with Crippen LogP contribution < -0.4 is 5.32 Å². The number of hydrogen-bond donors (Lipinski definition) is 1. The molecule has 7 heteroatoms. The Kier molecular flexibility index (Phi) is 6.78. The Morgan fingerprint density at radius 3 is 2.65 bits per heavy atom. The Balaban J connectivity index is 2.02. The Hall–Kier alpha value is -3.56. The van der Waals surface area contributed by atoms with Crippen LogP contribution in [-0.2, 0) is 20.9 Å². The molecule has 0 aliphatic rings. The molecule has 0 unspecified atom stereocenters. The minimum Gasteiger partial charge on any atom is -0.465 e. The number of benzene rings is 2. The third kappa shape index (κ3) is 4.62. The van der Waals surface area contributed by atoms with Crippen molar-refractivity contribution in [3.8, 4) is 6.07 Å². The SMILES string of the molecule is CCOC(=O)Cn1c(C)c(/C=C(\C#N)C(=O)Nc2cccc(Cl)c2C)c2ccccc21. The van der Waals surface area contributed by atoms with Gasteiger partial charge in [0.15, 0.2) is 0 Å². The zero-order valence-electron chi connectivity index (χ0n) is 17.5. The zero-order chi connectivity index (χ0) is 22.5. The number of esters is 1. The highest BCUT2D eigenvalue weighted by atomic mass is 35.5. The molecule has 1 heterocycles. The number of hydrogen-bond acceptors (Lipinski definition) is 4. The largest absolute Gasteiger partial charge is 0.465 e. The fourth-order valence-corrected chi connectivity index (χ4v) is 3.58. The maximum atomic E-state index is 12.8. The van der Waals surface area contributed by atoms with E-state index < -0.39 is 5.91 Å². The average molecular weight is 436 g/mol. The summed E-state index contributed by atoms with van der Waals surface area (Å²) in [6, 6.07) is 14.7. The molecule has 0 saturated carbocycles. The Morgan fingerprint density at radius 1 is 1.19 bits per heavy atom. The first-order valence-electron chi connectivity index (χ1n) is 9.79. The van der Waals surface area contributed by atoms with Gasteiger partial charge in [-0.1, -0.05) is 35.9 Å². The van der Waals surface area contributed by atoms with Crippen LogP contribution in [0.1, 0.15) is 23.7 Å². The van der Waals surface area contributed by atoms with E-state index in [2.05, 4.69) is 5.32 Å². The summed E-state index contributed by atoms with van der Waals surface area (Å²) in [6.07, 6.45) is 1.55. The van der Waals surface area contributed by atoms with Gasteiger partial charge in [0.2, 0.25) is 0 Å². The molecule has 0 bridgehead atoms. The zero-order valence-corrected chi connectivity index (χ0v) is 18.3. The first kappa shape index (κ1) is 22.1. The lowest BCUT2D eigenvalue weighted by Gasteiger charge is -2.09. The number of nitrogens with one attached hydrogen (secondary N) is 1. The maximum absolute atomic E-state index is 12.8. The summed E-state index contributed by atoms with van der Waals surface area (Å²) in [5, 5.41) is 13.8. The van der Waals surface area contributed by atoms with Crippen molar-refractivity contribution < 1.29 is 14.3 Å². The van der Waals surface area contributed by atoms with Gasteiger partial charge < -0.3 is 14.6 Å². The summed E-state index contributed by atoms with van der Waals surface area (Å²) in [5.74, 6) is -0.883. The Labute approximate surface area is 185 Å². The number of aromatic nitrogens is 1. The van der Waals surface area contributed by atoms with Gasteiger partial charge in [0.05, 0.1) is 6.61 Å². The van der Waals surface area contributed by atoms with Crippen molar-refractivity contribution in [1.82, 2.24) is 4.57 Å². The number of carbonyl (C=O) groups excluding carboxylic acids is 2. The number of nitriles is 1. The van der Waals surface area contributed by atoms with Gasteiger partial charge in [-0.15, -0.1) is 0 Å². The van der Waals surface area contributed by atoms with Crippen LogP contribution in [0.3, 0.4) is 0 Å². The molecule has 1 aromatic heterocycles. The fraction of sp³-hybridized carbons (Fsp3) is 0.208. The maximum Gasteiger partial charge on any atom is 0.325 e. The molecular formula is C24H22ClN3O3. The molecule has 1 N–H and O–H groups in total. The van der Waals surface area contributed by atoms with Gasteiger partial charge in [-0.25, -0.2) is 0 Å². The molecule has 0 saturated heterocycles. The van der Waals surface area contributed by atoms with Crippen molar-refractivity contribution in [2.75, 3.05) is 11.9 Å². The van der Waals surface area contributed by atoms with Crippen LogP contribution in [0.25, 0.3) is 17.0 Å². The second-order valence-corrected chi connectivity index (χ2v) is 7.35. The van der Waals surface area contributed by atoms with E-state index in [1.807, 2.05) is 41.8 Å². The topological polar surface area (TPSA) is 84.1 Å². The van der Waals surface area contributed by atoms with Gasteiger partial charge in [-0.3, -0.25) is 9.59 Å². The lowest BCUT2D eigenvalue weighted by Crippen LogP contribution is -2.15. The van der Waals surface area contributed by atoms with Crippen molar-refractivity contribution in [2.24, 2.45) is 0 Å². The van der Waals surface area contributed by atoms with Gasteiger partial charge in [0.1, 0.15) is 18.2 Å². The van der Waals surface area contributed by atoms with Crippen LogP contribution in [0.15, 0.2) is 48.0 Å². The number of halogens is 1. The summed E-state index contributed by atoms with van der Waals surface area (Å²) in [6.45, 7) is 5.74.